The molecule has 1 amide bonds. The fourth-order valence-corrected chi connectivity index (χ4v) is 4.87. The Balaban J connectivity index is 1.36. The molecule has 2 saturated heterocycles. The van der Waals surface area contributed by atoms with Crippen LogP contribution in [0.2, 0.25) is 5.15 Å². The molecule has 4 heterocycles. The summed E-state index contributed by atoms with van der Waals surface area (Å²) >= 11 is 5.81. The number of rotatable bonds is 5. The highest BCUT2D eigenvalue weighted by atomic mass is 35.5. The maximum absolute atomic E-state index is 13.0. The molecular formula is C20H25ClN6O3S. The molecule has 0 radical (unpaired) electrons. The Morgan fingerprint density at radius 2 is 1.84 bits per heavy atom. The smallest absolute Gasteiger partial charge is 0.245 e. The van der Waals surface area contributed by atoms with Gasteiger partial charge in [-0.1, -0.05) is 11.6 Å². The number of piperidine rings is 1. The van der Waals surface area contributed by atoms with Crippen molar-refractivity contribution in [1.82, 2.24) is 19.9 Å². The number of likely N-dealkylation sites (tertiary alicyclic amines) is 1. The second-order valence-electron chi connectivity index (χ2n) is 7.99. The van der Waals surface area contributed by atoms with Crippen molar-refractivity contribution in [2.75, 3.05) is 36.1 Å². The lowest BCUT2D eigenvalue weighted by Crippen LogP contribution is -2.47. The van der Waals surface area contributed by atoms with Crippen LogP contribution in [0.4, 0.5) is 11.5 Å². The average Bonchev–Trinajstić information content (AvgIpc) is 3.10. The largest absolute Gasteiger partial charge is 0.372 e. The number of halogens is 1. The van der Waals surface area contributed by atoms with E-state index in [4.69, 9.17) is 11.6 Å². The number of hydrogen-bond donors (Lipinski definition) is 1. The summed E-state index contributed by atoms with van der Waals surface area (Å²) in [4.78, 5) is 29.7. The van der Waals surface area contributed by atoms with Crippen molar-refractivity contribution in [1.29, 1.82) is 0 Å². The number of aryl methyl sites for hydroxylation is 1. The van der Waals surface area contributed by atoms with Crippen LogP contribution in [-0.4, -0.2) is 72.2 Å². The minimum absolute atomic E-state index is 0.0343. The molecule has 11 heteroatoms. The Morgan fingerprint density at radius 3 is 2.45 bits per heavy atom. The molecule has 0 aliphatic carbocycles. The summed E-state index contributed by atoms with van der Waals surface area (Å²) in [5.74, 6) is 0.881. The zero-order chi connectivity index (χ0) is 22.2. The number of anilines is 2. The molecule has 9 nitrogen and oxygen atoms in total. The molecule has 1 N–H and O–H groups in total. The minimum Gasteiger partial charge on any atom is -0.372 e. The van der Waals surface area contributed by atoms with Gasteiger partial charge < -0.3 is 15.1 Å². The Morgan fingerprint density at radius 1 is 1.10 bits per heavy atom. The van der Waals surface area contributed by atoms with E-state index in [1.807, 2.05) is 4.90 Å². The second-order valence-corrected chi connectivity index (χ2v) is 10.3. The highest BCUT2D eigenvalue weighted by Gasteiger charge is 2.37. The molecule has 166 valence electrons. The lowest BCUT2D eigenvalue weighted by Gasteiger charge is -2.37. The van der Waals surface area contributed by atoms with Crippen LogP contribution in [0.5, 0.6) is 0 Å². The minimum atomic E-state index is -3.36. The van der Waals surface area contributed by atoms with Crippen molar-refractivity contribution in [2.24, 2.45) is 0 Å². The average molecular weight is 465 g/mol. The third-order valence-electron chi connectivity index (χ3n) is 5.85. The Labute approximate surface area is 186 Å². The molecule has 2 aromatic rings. The molecule has 1 atom stereocenters. The Kier molecular flexibility index (Phi) is 6.02. The lowest BCUT2D eigenvalue weighted by molar-refractivity contribution is -0.130. The fourth-order valence-electron chi connectivity index (χ4n) is 4.16. The predicted molar refractivity (Wildman–Crippen MR) is 118 cm³/mol. The van der Waals surface area contributed by atoms with E-state index >= 15 is 0 Å². The normalized spacial score (nSPS) is 20.4. The van der Waals surface area contributed by atoms with Gasteiger partial charge >= 0.3 is 0 Å². The summed E-state index contributed by atoms with van der Waals surface area (Å²) in [5.41, 5.74) is 1.25. The van der Waals surface area contributed by atoms with E-state index in [0.717, 1.165) is 38.0 Å². The van der Waals surface area contributed by atoms with Gasteiger partial charge in [-0.3, -0.25) is 4.79 Å². The van der Waals surface area contributed by atoms with Crippen LogP contribution in [0.1, 0.15) is 25.0 Å². The summed E-state index contributed by atoms with van der Waals surface area (Å²) in [6.45, 7) is 4.05. The van der Waals surface area contributed by atoms with E-state index in [1.54, 1.807) is 25.4 Å². The second kappa shape index (κ2) is 8.58. The third kappa shape index (κ3) is 4.74. The number of nitrogens with one attached hydrogen (secondary N) is 1. The van der Waals surface area contributed by atoms with Crippen LogP contribution in [0, 0.1) is 6.92 Å². The van der Waals surface area contributed by atoms with Gasteiger partial charge in [-0.05, 0) is 38.3 Å². The summed E-state index contributed by atoms with van der Waals surface area (Å²) in [6, 6.07) is 3.02. The highest BCUT2D eigenvalue weighted by Crippen LogP contribution is 2.27. The quantitative estimate of drug-likeness (QED) is 0.714. The fraction of sp³-hybridized carbons (Fsp3) is 0.500. The van der Waals surface area contributed by atoms with E-state index in [-0.39, 0.29) is 23.0 Å². The number of pyridine rings is 1. The van der Waals surface area contributed by atoms with Crippen molar-refractivity contribution in [3.8, 4) is 0 Å². The van der Waals surface area contributed by atoms with Crippen molar-refractivity contribution < 1.29 is 13.2 Å². The van der Waals surface area contributed by atoms with Gasteiger partial charge in [-0.25, -0.2) is 23.4 Å². The number of sulfone groups is 1. The molecule has 2 aromatic heterocycles. The number of amides is 1. The van der Waals surface area contributed by atoms with Crippen LogP contribution in [0.25, 0.3) is 0 Å². The number of carbonyl (C=O) groups excluding carboxylic acids is 1. The summed E-state index contributed by atoms with van der Waals surface area (Å²) in [5, 5.41) is 3.66. The first-order chi connectivity index (χ1) is 14.7. The Hall–Kier alpha value is -2.46. The van der Waals surface area contributed by atoms with Gasteiger partial charge in [-0.15, -0.1) is 0 Å². The molecule has 0 saturated carbocycles. The molecule has 4 rings (SSSR count). The summed E-state index contributed by atoms with van der Waals surface area (Å²) in [7, 11) is -3.36. The first-order valence-corrected chi connectivity index (χ1v) is 12.5. The molecule has 0 unspecified atom stereocenters. The molecule has 0 aromatic carbocycles. The third-order valence-corrected chi connectivity index (χ3v) is 7.03. The zero-order valence-electron chi connectivity index (χ0n) is 17.5. The maximum atomic E-state index is 13.0. The predicted octanol–water partition coefficient (Wildman–Crippen LogP) is 1.92. The molecular weight excluding hydrogens is 440 g/mol. The topological polar surface area (TPSA) is 108 Å². The first kappa shape index (κ1) is 21.8. The van der Waals surface area contributed by atoms with Crippen molar-refractivity contribution in [3.63, 3.8) is 0 Å². The van der Waals surface area contributed by atoms with Crippen molar-refractivity contribution >= 4 is 38.9 Å². The first-order valence-electron chi connectivity index (χ1n) is 10.2. The van der Waals surface area contributed by atoms with Crippen LogP contribution in [0.3, 0.4) is 0 Å². The molecule has 0 spiro atoms. The summed E-state index contributed by atoms with van der Waals surface area (Å²) < 4.78 is 23.4. The molecule has 2 aliphatic rings. The van der Waals surface area contributed by atoms with E-state index in [2.05, 4.69) is 25.2 Å². The summed E-state index contributed by atoms with van der Waals surface area (Å²) in [6.07, 6.45) is 6.79. The molecule has 2 fully saturated rings. The highest BCUT2D eigenvalue weighted by molar-refractivity contribution is 7.90. The Bertz CT molecular complexity index is 1070. The van der Waals surface area contributed by atoms with Crippen LogP contribution in [-0.2, 0) is 14.6 Å². The van der Waals surface area contributed by atoms with Gasteiger partial charge in [0.1, 0.15) is 17.0 Å². The van der Waals surface area contributed by atoms with E-state index in [0.29, 0.717) is 29.5 Å². The van der Waals surface area contributed by atoms with E-state index in [1.165, 1.54) is 6.07 Å². The number of nitrogens with zero attached hydrogens (tertiary/aromatic N) is 5. The van der Waals surface area contributed by atoms with E-state index in [9.17, 15) is 13.2 Å². The van der Waals surface area contributed by atoms with Crippen molar-refractivity contribution in [2.45, 2.75) is 43.3 Å². The SMILES string of the molecule is Cc1nc(S(C)(=O)=O)ccc1N[C@H]1CCN(C2CCN(c3cnc(Cl)cn3)CC2)C1=O. The molecule has 0 bridgehead atoms. The molecule has 31 heavy (non-hydrogen) atoms. The lowest BCUT2D eigenvalue weighted by atomic mass is 10.0. The van der Waals surface area contributed by atoms with Crippen LogP contribution >= 0.6 is 11.6 Å². The van der Waals surface area contributed by atoms with Gasteiger partial charge in [0, 0.05) is 31.9 Å². The van der Waals surface area contributed by atoms with Gasteiger partial charge in [0.05, 0.1) is 23.8 Å². The monoisotopic (exact) mass is 464 g/mol. The standard InChI is InChI=1S/C20H25ClN6O3S/c1-13-15(3-4-19(24-13)31(2,29)30)25-16-7-10-27(20(16)28)14-5-8-26(9-6-14)18-12-22-17(21)11-23-18/h3-4,11-12,14,16,25H,5-10H2,1-2H3/t16-/m0/s1. The number of carbonyl (C=O) groups is 1. The number of hydrogen-bond acceptors (Lipinski definition) is 8. The zero-order valence-corrected chi connectivity index (χ0v) is 19.0. The van der Waals surface area contributed by atoms with Gasteiger partial charge in [0.2, 0.25) is 5.91 Å². The van der Waals surface area contributed by atoms with Gasteiger partial charge in [0.15, 0.2) is 14.9 Å². The molecule has 2 aliphatic heterocycles. The number of aromatic nitrogens is 3. The van der Waals surface area contributed by atoms with E-state index < -0.39 is 9.84 Å². The van der Waals surface area contributed by atoms with Crippen molar-refractivity contribution in [3.05, 3.63) is 35.4 Å². The van der Waals surface area contributed by atoms with Gasteiger partial charge in [-0.2, -0.15) is 0 Å². The van der Waals surface area contributed by atoms with Gasteiger partial charge in [0.25, 0.3) is 0 Å². The van der Waals surface area contributed by atoms with Crippen LogP contribution < -0.4 is 10.2 Å². The van der Waals surface area contributed by atoms with Crippen LogP contribution in [0.15, 0.2) is 29.6 Å². The maximum Gasteiger partial charge on any atom is 0.245 e.